The quantitative estimate of drug-likeness (QED) is 0.876. The molecule has 0 heterocycles. The number of halogens is 1. The van der Waals surface area contributed by atoms with Gasteiger partial charge in [-0.05, 0) is 44.9 Å². The molecule has 1 aromatic rings. The third-order valence-corrected chi connectivity index (χ3v) is 3.32. The molecule has 0 aliphatic rings. The lowest BCUT2D eigenvalue weighted by Gasteiger charge is -2.29. The predicted molar refractivity (Wildman–Crippen MR) is 80.2 cm³/mol. The van der Waals surface area contributed by atoms with Gasteiger partial charge in [-0.25, -0.2) is 9.18 Å². The average Bonchev–Trinajstić information content (AvgIpc) is 2.37. The summed E-state index contributed by atoms with van der Waals surface area (Å²) in [5, 5.41) is 12.1. The highest BCUT2D eigenvalue weighted by molar-refractivity contribution is 5.82. The Morgan fingerprint density at radius 1 is 1.32 bits per heavy atom. The number of benzene rings is 1. The number of hydrogen-bond donors (Lipinski definition) is 2. The third kappa shape index (κ3) is 4.44. The first-order valence-electron chi connectivity index (χ1n) is 7.07. The Balaban J connectivity index is 2.99. The summed E-state index contributed by atoms with van der Waals surface area (Å²) in [5.41, 5.74) is -1.78. The van der Waals surface area contributed by atoms with Crippen LogP contribution in [0.1, 0.15) is 39.7 Å². The summed E-state index contributed by atoms with van der Waals surface area (Å²) >= 11 is 0. The summed E-state index contributed by atoms with van der Waals surface area (Å²) in [6, 6.07) is 5.41. The summed E-state index contributed by atoms with van der Waals surface area (Å²) in [6.07, 6.45) is -0.510. The van der Waals surface area contributed by atoms with E-state index >= 15 is 0 Å². The van der Waals surface area contributed by atoms with Gasteiger partial charge in [-0.1, -0.05) is 19.1 Å². The molecule has 0 spiro atoms. The SMILES string of the molecule is CCC(CNC(=O)OC(C)(C)C)(C(=O)O)c1cccc(F)c1. The number of carbonyl (C=O) groups excluding carboxylic acids is 1. The van der Waals surface area contributed by atoms with Gasteiger partial charge in [0.1, 0.15) is 16.8 Å². The second kappa shape index (κ2) is 6.77. The van der Waals surface area contributed by atoms with Gasteiger partial charge >= 0.3 is 12.1 Å². The zero-order valence-corrected chi connectivity index (χ0v) is 13.3. The van der Waals surface area contributed by atoms with Crippen LogP contribution in [0.2, 0.25) is 0 Å². The molecule has 2 N–H and O–H groups in total. The molecule has 0 saturated carbocycles. The van der Waals surface area contributed by atoms with E-state index in [1.807, 2.05) is 0 Å². The lowest BCUT2D eigenvalue weighted by atomic mass is 9.78. The lowest BCUT2D eigenvalue weighted by Crippen LogP contribution is -2.47. The van der Waals surface area contributed by atoms with E-state index in [1.165, 1.54) is 24.3 Å². The molecule has 122 valence electrons. The number of rotatable bonds is 5. The fourth-order valence-corrected chi connectivity index (χ4v) is 2.10. The van der Waals surface area contributed by atoms with Crippen LogP contribution in [-0.4, -0.2) is 29.3 Å². The highest BCUT2D eigenvalue weighted by Crippen LogP contribution is 2.28. The molecule has 0 radical (unpaired) electrons. The maximum absolute atomic E-state index is 13.4. The molecular weight excluding hydrogens is 289 g/mol. The Morgan fingerprint density at radius 2 is 1.95 bits per heavy atom. The molecule has 0 bridgehead atoms. The summed E-state index contributed by atoms with van der Waals surface area (Å²) in [4.78, 5) is 23.5. The summed E-state index contributed by atoms with van der Waals surface area (Å²) in [7, 11) is 0. The molecule has 0 aliphatic heterocycles. The minimum Gasteiger partial charge on any atom is -0.481 e. The van der Waals surface area contributed by atoms with Crippen LogP contribution in [0, 0.1) is 5.82 Å². The third-order valence-electron chi connectivity index (χ3n) is 3.32. The standard InChI is InChI=1S/C16H22FNO4/c1-5-16(13(19)20,11-7-6-8-12(17)9-11)10-18-14(21)22-15(2,3)4/h6-9H,5,10H2,1-4H3,(H,18,21)(H,19,20). The zero-order valence-electron chi connectivity index (χ0n) is 13.3. The van der Waals surface area contributed by atoms with Gasteiger partial charge in [-0.2, -0.15) is 0 Å². The van der Waals surface area contributed by atoms with Gasteiger partial charge in [0, 0.05) is 6.54 Å². The van der Waals surface area contributed by atoms with Gasteiger partial charge in [-0.15, -0.1) is 0 Å². The number of alkyl carbamates (subject to hydrolysis) is 1. The Morgan fingerprint density at radius 3 is 2.41 bits per heavy atom. The monoisotopic (exact) mass is 311 g/mol. The van der Waals surface area contributed by atoms with Crippen molar-refractivity contribution in [2.75, 3.05) is 6.54 Å². The van der Waals surface area contributed by atoms with Gasteiger partial charge in [0.2, 0.25) is 0 Å². The summed E-state index contributed by atoms with van der Waals surface area (Å²) in [6.45, 7) is 6.63. The smallest absolute Gasteiger partial charge is 0.407 e. The number of nitrogens with one attached hydrogen (secondary N) is 1. The van der Waals surface area contributed by atoms with Crippen molar-refractivity contribution in [3.8, 4) is 0 Å². The van der Waals surface area contributed by atoms with E-state index in [0.29, 0.717) is 5.56 Å². The van der Waals surface area contributed by atoms with Crippen molar-refractivity contribution < 1.29 is 23.8 Å². The highest BCUT2D eigenvalue weighted by atomic mass is 19.1. The lowest BCUT2D eigenvalue weighted by molar-refractivity contribution is -0.143. The molecule has 1 unspecified atom stereocenters. The van der Waals surface area contributed by atoms with E-state index in [-0.39, 0.29) is 13.0 Å². The Labute approximate surface area is 129 Å². The number of carboxylic acid groups (broad SMARTS) is 1. The Bertz CT molecular complexity index is 553. The van der Waals surface area contributed by atoms with Crippen molar-refractivity contribution in [3.05, 3.63) is 35.6 Å². The average molecular weight is 311 g/mol. The number of amides is 1. The van der Waals surface area contributed by atoms with Crippen LogP contribution in [0.5, 0.6) is 0 Å². The minimum atomic E-state index is -1.40. The molecule has 1 rings (SSSR count). The molecule has 6 heteroatoms. The predicted octanol–water partition coefficient (Wildman–Crippen LogP) is 3.08. The van der Waals surface area contributed by atoms with Crippen LogP contribution in [0.25, 0.3) is 0 Å². The fraction of sp³-hybridized carbons (Fsp3) is 0.500. The van der Waals surface area contributed by atoms with E-state index < -0.39 is 28.9 Å². The maximum Gasteiger partial charge on any atom is 0.407 e. The number of aliphatic carboxylic acids is 1. The first-order valence-corrected chi connectivity index (χ1v) is 7.07. The Kier molecular flexibility index (Phi) is 5.52. The number of carbonyl (C=O) groups is 2. The largest absolute Gasteiger partial charge is 0.481 e. The molecular formula is C16H22FNO4. The van der Waals surface area contributed by atoms with Crippen LogP contribution in [0.4, 0.5) is 9.18 Å². The van der Waals surface area contributed by atoms with Crippen molar-refractivity contribution in [2.24, 2.45) is 0 Å². The van der Waals surface area contributed by atoms with Crippen LogP contribution in [-0.2, 0) is 14.9 Å². The van der Waals surface area contributed by atoms with Gasteiger partial charge in [0.15, 0.2) is 0 Å². The second-order valence-corrected chi connectivity index (χ2v) is 6.11. The van der Waals surface area contributed by atoms with Crippen LogP contribution in [0.3, 0.4) is 0 Å². The normalized spacial score (nSPS) is 14.0. The van der Waals surface area contributed by atoms with Crippen molar-refractivity contribution in [1.82, 2.24) is 5.32 Å². The van der Waals surface area contributed by atoms with Gasteiger partial charge in [0.25, 0.3) is 0 Å². The molecule has 0 aliphatic carbocycles. The molecule has 0 fully saturated rings. The topological polar surface area (TPSA) is 75.6 Å². The number of carboxylic acids is 1. The molecule has 1 aromatic carbocycles. The molecule has 1 atom stereocenters. The van der Waals surface area contributed by atoms with Crippen molar-refractivity contribution >= 4 is 12.1 Å². The second-order valence-electron chi connectivity index (χ2n) is 6.11. The molecule has 0 aromatic heterocycles. The number of hydrogen-bond acceptors (Lipinski definition) is 3. The fourth-order valence-electron chi connectivity index (χ4n) is 2.10. The number of ether oxygens (including phenoxy) is 1. The van der Waals surface area contributed by atoms with E-state index in [0.717, 1.165) is 0 Å². The molecule has 1 amide bonds. The van der Waals surface area contributed by atoms with E-state index in [2.05, 4.69) is 5.32 Å². The summed E-state index contributed by atoms with van der Waals surface area (Å²) < 4.78 is 18.5. The minimum absolute atomic E-state index is 0.183. The molecule has 22 heavy (non-hydrogen) atoms. The van der Waals surface area contributed by atoms with Crippen molar-refractivity contribution in [2.45, 2.75) is 45.1 Å². The van der Waals surface area contributed by atoms with Crippen molar-refractivity contribution in [1.29, 1.82) is 0 Å². The zero-order chi connectivity index (χ0) is 17.0. The first kappa shape index (κ1) is 17.9. The van der Waals surface area contributed by atoms with E-state index in [4.69, 9.17) is 4.74 Å². The first-order chi connectivity index (χ1) is 10.1. The van der Waals surface area contributed by atoms with Crippen LogP contribution in [0.15, 0.2) is 24.3 Å². The highest BCUT2D eigenvalue weighted by Gasteiger charge is 2.39. The molecule has 0 saturated heterocycles. The van der Waals surface area contributed by atoms with Gasteiger partial charge in [-0.3, -0.25) is 4.79 Å². The maximum atomic E-state index is 13.4. The van der Waals surface area contributed by atoms with E-state index in [1.54, 1.807) is 27.7 Å². The molecule has 5 nitrogen and oxygen atoms in total. The van der Waals surface area contributed by atoms with Crippen LogP contribution < -0.4 is 5.32 Å². The Hall–Kier alpha value is -2.11. The van der Waals surface area contributed by atoms with Gasteiger partial charge < -0.3 is 15.2 Å². The van der Waals surface area contributed by atoms with Crippen LogP contribution >= 0.6 is 0 Å². The summed E-state index contributed by atoms with van der Waals surface area (Å²) in [5.74, 6) is -1.65. The van der Waals surface area contributed by atoms with Gasteiger partial charge in [0.05, 0.1) is 0 Å². The van der Waals surface area contributed by atoms with E-state index in [9.17, 15) is 19.1 Å². The van der Waals surface area contributed by atoms with Crippen molar-refractivity contribution in [3.63, 3.8) is 0 Å².